The molecule has 0 radical (unpaired) electrons. The minimum Gasteiger partial charge on any atom is -0.351 e. The summed E-state index contributed by atoms with van der Waals surface area (Å²) in [7, 11) is 2.05. The van der Waals surface area contributed by atoms with E-state index >= 15 is 0 Å². The number of carbonyl (C=O) groups excluding carboxylic acids is 1. The fraction of sp³-hybridized carbons (Fsp3) is 0.778. The molecule has 0 saturated carbocycles. The minimum absolute atomic E-state index is 0.282. The van der Waals surface area contributed by atoms with E-state index in [0.717, 1.165) is 24.6 Å². The largest absolute Gasteiger partial charge is 0.351 e. The molecule has 2 aliphatic rings. The second kappa shape index (κ2) is 2.75. The van der Waals surface area contributed by atoms with Crippen LogP contribution in [0.5, 0.6) is 0 Å². The quantitative estimate of drug-likeness (QED) is 0.522. The van der Waals surface area contributed by atoms with Gasteiger partial charge >= 0.3 is 0 Å². The van der Waals surface area contributed by atoms with E-state index in [0.29, 0.717) is 6.42 Å². The lowest BCUT2D eigenvalue weighted by Crippen LogP contribution is -2.60. The summed E-state index contributed by atoms with van der Waals surface area (Å²) < 4.78 is 0. The van der Waals surface area contributed by atoms with Gasteiger partial charge in [0.1, 0.15) is 5.54 Å². The summed E-state index contributed by atoms with van der Waals surface area (Å²) in [5.41, 5.74) is -0.329. The maximum atomic E-state index is 11.7. The first-order valence-electron chi connectivity index (χ1n) is 4.56. The Bertz CT molecular complexity index is 279. The molecular formula is C9H14N2OS. The Morgan fingerprint density at radius 3 is 2.85 bits per heavy atom. The number of likely N-dealkylation sites (N-methyl/N-ethyl adjacent to an activating group) is 1. The van der Waals surface area contributed by atoms with Gasteiger partial charge in [-0.1, -0.05) is 12.2 Å². The van der Waals surface area contributed by atoms with Crippen LogP contribution in [-0.4, -0.2) is 52.8 Å². The molecule has 1 unspecified atom stereocenters. The third-order valence-electron chi connectivity index (χ3n) is 3.09. The van der Waals surface area contributed by atoms with Gasteiger partial charge in [0.15, 0.2) is 5.78 Å². The number of piperazine rings is 1. The molecule has 0 aliphatic carbocycles. The zero-order valence-corrected chi connectivity index (χ0v) is 8.86. The lowest BCUT2D eigenvalue weighted by atomic mass is 9.95. The molecule has 0 aromatic heterocycles. The Labute approximate surface area is 83.7 Å². The summed E-state index contributed by atoms with van der Waals surface area (Å²) in [5.74, 6) is 0.282. The van der Waals surface area contributed by atoms with Gasteiger partial charge in [-0.3, -0.25) is 4.79 Å². The van der Waals surface area contributed by atoms with Crippen LogP contribution in [0.4, 0.5) is 0 Å². The van der Waals surface area contributed by atoms with Gasteiger partial charge in [0.2, 0.25) is 0 Å². The van der Waals surface area contributed by atoms with Crippen molar-refractivity contribution in [3.63, 3.8) is 0 Å². The van der Waals surface area contributed by atoms with E-state index in [1.165, 1.54) is 0 Å². The van der Waals surface area contributed by atoms with Gasteiger partial charge < -0.3 is 9.80 Å². The Balaban J connectivity index is 2.31. The molecule has 2 heterocycles. The Hall–Kier alpha value is -0.480. The van der Waals surface area contributed by atoms with E-state index in [1.54, 1.807) is 0 Å². The molecule has 2 aliphatic heterocycles. The van der Waals surface area contributed by atoms with Crippen molar-refractivity contribution in [1.82, 2.24) is 9.80 Å². The van der Waals surface area contributed by atoms with Crippen LogP contribution >= 0.6 is 12.2 Å². The zero-order chi connectivity index (χ0) is 9.64. The Morgan fingerprint density at radius 1 is 1.46 bits per heavy atom. The highest BCUT2D eigenvalue weighted by molar-refractivity contribution is 7.80. The number of Topliss-reactive ketones (excluding diaryl/α,β-unsaturated/α-hetero) is 1. The lowest BCUT2D eigenvalue weighted by Gasteiger charge is -2.43. The summed E-state index contributed by atoms with van der Waals surface area (Å²) in [6.07, 6.45) is 0.472. The first-order valence-corrected chi connectivity index (χ1v) is 4.97. The number of ketones is 1. The molecule has 2 saturated heterocycles. The number of hydrogen-bond acceptors (Lipinski definition) is 3. The topological polar surface area (TPSA) is 23.6 Å². The maximum Gasteiger partial charge on any atom is 0.166 e. The molecule has 72 valence electrons. The van der Waals surface area contributed by atoms with Crippen molar-refractivity contribution < 1.29 is 4.79 Å². The van der Waals surface area contributed by atoms with Gasteiger partial charge in [0.05, 0.1) is 11.4 Å². The van der Waals surface area contributed by atoms with Crippen LogP contribution in [0.25, 0.3) is 0 Å². The van der Waals surface area contributed by atoms with Crippen molar-refractivity contribution in [2.45, 2.75) is 18.9 Å². The summed E-state index contributed by atoms with van der Waals surface area (Å²) in [6, 6.07) is 0. The standard InChI is InChI=1S/C9H14N2OS/c1-9-6-10(2)3-4-11(9)8(13)5-7(9)12/h3-6H2,1-2H3. The van der Waals surface area contributed by atoms with Crippen LogP contribution in [0.15, 0.2) is 0 Å². The third kappa shape index (κ3) is 1.20. The summed E-state index contributed by atoms with van der Waals surface area (Å²) in [4.78, 5) is 16.9. The van der Waals surface area contributed by atoms with Crippen LogP contribution in [0.2, 0.25) is 0 Å². The second-order valence-corrected chi connectivity index (χ2v) is 4.63. The lowest BCUT2D eigenvalue weighted by molar-refractivity contribution is -0.126. The number of rotatable bonds is 0. The van der Waals surface area contributed by atoms with Gasteiger partial charge in [0.25, 0.3) is 0 Å². The van der Waals surface area contributed by atoms with E-state index in [1.807, 2.05) is 6.92 Å². The smallest absolute Gasteiger partial charge is 0.166 e. The van der Waals surface area contributed by atoms with Gasteiger partial charge in [-0.2, -0.15) is 0 Å². The van der Waals surface area contributed by atoms with Gasteiger partial charge in [-0.05, 0) is 14.0 Å². The van der Waals surface area contributed by atoms with E-state index < -0.39 is 0 Å². The first kappa shape index (κ1) is 9.09. The van der Waals surface area contributed by atoms with Gasteiger partial charge in [0, 0.05) is 19.6 Å². The average molecular weight is 198 g/mol. The molecule has 2 fully saturated rings. The number of thiocarbonyl (C=S) groups is 1. The number of carbonyl (C=O) groups is 1. The Kier molecular flexibility index (Phi) is 1.92. The molecule has 0 aromatic rings. The monoisotopic (exact) mass is 198 g/mol. The summed E-state index contributed by atoms with van der Waals surface area (Å²) >= 11 is 5.19. The van der Waals surface area contributed by atoms with Crippen molar-refractivity contribution in [3.8, 4) is 0 Å². The van der Waals surface area contributed by atoms with Crippen LogP contribution < -0.4 is 0 Å². The molecule has 0 bridgehead atoms. The highest BCUT2D eigenvalue weighted by atomic mass is 32.1. The predicted octanol–water partition coefficient (Wildman–Crippen LogP) is 0.293. The normalized spacial score (nSPS) is 35.4. The molecule has 1 atom stereocenters. The fourth-order valence-electron chi connectivity index (χ4n) is 2.27. The number of hydrogen-bond donors (Lipinski definition) is 0. The van der Waals surface area contributed by atoms with Crippen LogP contribution in [0.1, 0.15) is 13.3 Å². The van der Waals surface area contributed by atoms with Crippen molar-refractivity contribution in [2.24, 2.45) is 0 Å². The van der Waals surface area contributed by atoms with E-state index in [9.17, 15) is 4.79 Å². The molecule has 0 amide bonds. The molecule has 0 aromatic carbocycles. The molecule has 2 rings (SSSR count). The molecule has 3 nitrogen and oxygen atoms in total. The molecular weight excluding hydrogens is 184 g/mol. The molecule has 0 spiro atoms. The van der Waals surface area contributed by atoms with Crippen LogP contribution in [-0.2, 0) is 4.79 Å². The van der Waals surface area contributed by atoms with Crippen molar-refractivity contribution in [2.75, 3.05) is 26.7 Å². The van der Waals surface area contributed by atoms with E-state index in [4.69, 9.17) is 12.2 Å². The van der Waals surface area contributed by atoms with Crippen LogP contribution in [0.3, 0.4) is 0 Å². The molecule has 0 N–H and O–H groups in total. The third-order valence-corrected chi connectivity index (χ3v) is 3.46. The van der Waals surface area contributed by atoms with E-state index in [2.05, 4.69) is 16.8 Å². The van der Waals surface area contributed by atoms with Crippen molar-refractivity contribution in [1.29, 1.82) is 0 Å². The van der Waals surface area contributed by atoms with Gasteiger partial charge in [-0.15, -0.1) is 0 Å². The second-order valence-electron chi connectivity index (χ2n) is 4.16. The summed E-state index contributed by atoms with van der Waals surface area (Å²) in [5, 5.41) is 0. The van der Waals surface area contributed by atoms with Gasteiger partial charge in [-0.25, -0.2) is 0 Å². The zero-order valence-electron chi connectivity index (χ0n) is 8.04. The highest BCUT2D eigenvalue weighted by Crippen LogP contribution is 2.30. The SMILES string of the molecule is CN1CCN2C(=S)CC(=O)C2(C)C1. The Morgan fingerprint density at radius 2 is 2.15 bits per heavy atom. The average Bonchev–Trinajstić information content (AvgIpc) is 2.23. The molecule has 13 heavy (non-hydrogen) atoms. The van der Waals surface area contributed by atoms with Crippen molar-refractivity contribution in [3.05, 3.63) is 0 Å². The van der Waals surface area contributed by atoms with Crippen LogP contribution in [0, 0.1) is 0 Å². The highest BCUT2D eigenvalue weighted by Gasteiger charge is 2.49. The molecule has 4 heteroatoms. The minimum atomic E-state index is -0.329. The van der Waals surface area contributed by atoms with E-state index in [-0.39, 0.29) is 11.3 Å². The summed E-state index contributed by atoms with van der Waals surface area (Å²) in [6.45, 7) is 4.72. The number of nitrogens with zero attached hydrogens (tertiary/aromatic N) is 2. The van der Waals surface area contributed by atoms with Crippen molar-refractivity contribution >= 4 is 23.0 Å². The predicted molar refractivity (Wildman–Crippen MR) is 54.8 cm³/mol. The first-order chi connectivity index (χ1) is 6.04. The fourth-order valence-corrected chi connectivity index (χ4v) is 2.69. The number of fused-ring (bicyclic) bond motifs is 1. The maximum absolute atomic E-state index is 11.7.